The first-order chi connectivity index (χ1) is 16.3. The zero-order chi connectivity index (χ0) is 24.6. The first kappa shape index (κ1) is 25.2. The maximum Gasteiger partial charge on any atom is 0.254 e. The Kier molecular flexibility index (Phi) is 8.60. The van der Waals surface area contributed by atoms with Crippen LogP contribution in [0.1, 0.15) is 41.8 Å². The molecule has 0 aliphatic carbocycles. The van der Waals surface area contributed by atoms with E-state index < -0.39 is 9.84 Å². The van der Waals surface area contributed by atoms with Gasteiger partial charge in [0.15, 0.2) is 9.84 Å². The molecule has 0 aliphatic rings. The molecule has 0 saturated carbocycles. The maximum absolute atomic E-state index is 13.0. The van der Waals surface area contributed by atoms with E-state index in [1.165, 1.54) is 12.1 Å². The molecular formula is C27H30N2O4S. The molecule has 6 nitrogen and oxygen atoms in total. The zero-order valence-electron chi connectivity index (χ0n) is 19.5. The summed E-state index contributed by atoms with van der Waals surface area (Å²) in [6.45, 7) is 4.84. The average Bonchev–Trinajstić information content (AvgIpc) is 2.85. The Morgan fingerprint density at radius 3 is 2.06 bits per heavy atom. The van der Waals surface area contributed by atoms with Crippen molar-refractivity contribution in [1.82, 2.24) is 4.90 Å². The van der Waals surface area contributed by atoms with Gasteiger partial charge < -0.3 is 10.2 Å². The number of nitrogens with one attached hydrogen (secondary N) is 1. The molecule has 0 spiro atoms. The molecule has 0 fully saturated rings. The standard InChI is InChI=1S/C27H30N2O4S/c1-3-18-29(20-22-8-6-5-7-9-22)27(31)23-12-14-24(15-13-23)28-26(30)19-21-10-16-25(17-11-21)34(32,33)4-2/h5-17H,3-4,18-20H2,1-2H3,(H,28,30). The van der Waals surface area contributed by atoms with E-state index in [0.717, 1.165) is 17.5 Å². The normalized spacial score (nSPS) is 11.1. The molecule has 0 bridgehead atoms. The molecule has 0 radical (unpaired) electrons. The van der Waals surface area contributed by atoms with Crippen molar-refractivity contribution in [3.05, 3.63) is 95.6 Å². The monoisotopic (exact) mass is 478 g/mol. The topological polar surface area (TPSA) is 83.6 Å². The number of nitrogens with zero attached hydrogens (tertiary/aromatic N) is 1. The Bertz CT molecular complexity index is 1210. The molecule has 1 N–H and O–H groups in total. The Labute approximate surface area is 201 Å². The molecule has 7 heteroatoms. The molecule has 0 unspecified atom stereocenters. The average molecular weight is 479 g/mol. The molecule has 2 amide bonds. The number of hydrogen-bond donors (Lipinski definition) is 1. The lowest BCUT2D eigenvalue weighted by Gasteiger charge is -2.22. The lowest BCUT2D eigenvalue weighted by atomic mass is 10.1. The van der Waals surface area contributed by atoms with Crippen LogP contribution in [-0.4, -0.2) is 37.4 Å². The third-order valence-electron chi connectivity index (χ3n) is 5.44. The highest BCUT2D eigenvalue weighted by molar-refractivity contribution is 7.91. The second-order valence-electron chi connectivity index (χ2n) is 8.06. The smallest absolute Gasteiger partial charge is 0.254 e. The zero-order valence-corrected chi connectivity index (χ0v) is 20.3. The molecule has 0 heterocycles. The van der Waals surface area contributed by atoms with Crippen molar-refractivity contribution < 1.29 is 18.0 Å². The van der Waals surface area contributed by atoms with Crippen LogP contribution in [-0.2, 0) is 27.6 Å². The largest absolute Gasteiger partial charge is 0.334 e. The van der Waals surface area contributed by atoms with Crippen LogP contribution in [0.5, 0.6) is 0 Å². The molecule has 0 aliphatic heterocycles. The van der Waals surface area contributed by atoms with Gasteiger partial charge in [-0.25, -0.2) is 8.42 Å². The highest BCUT2D eigenvalue weighted by Gasteiger charge is 2.16. The Morgan fingerprint density at radius 2 is 1.47 bits per heavy atom. The second kappa shape index (κ2) is 11.6. The summed E-state index contributed by atoms with van der Waals surface area (Å²) in [6.07, 6.45) is 0.979. The number of benzene rings is 3. The molecule has 0 saturated heterocycles. The third-order valence-corrected chi connectivity index (χ3v) is 7.19. The Morgan fingerprint density at radius 1 is 0.824 bits per heavy atom. The molecule has 178 valence electrons. The van der Waals surface area contributed by atoms with Crippen LogP contribution in [0.2, 0.25) is 0 Å². The van der Waals surface area contributed by atoms with Crippen LogP contribution in [0.3, 0.4) is 0 Å². The van der Waals surface area contributed by atoms with E-state index in [1.807, 2.05) is 42.2 Å². The maximum atomic E-state index is 13.0. The van der Waals surface area contributed by atoms with Gasteiger partial charge in [-0.2, -0.15) is 0 Å². The third kappa shape index (κ3) is 6.78. The van der Waals surface area contributed by atoms with Gasteiger partial charge in [0.05, 0.1) is 17.1 Å². The van der Waals surface area contributed by atoms with E-state index in [4.69, 9.17) is 0 Å². The number of sulfone groups is 1. The Hall–Kier alpha value is -3.45. The van der Waals surface area contributed by atoms with Crippen molar-refractivity contribution in [3.63, 3.8) is 0 Å². The molecular weight excluding hydrogens is 448 g/mol. The lowest BCUT2D eigenvalue weighted by Crippen LogP contribution is -2.31. The van der Waals surface area contributed by atoms with Crippen LogP contribution < -0.4 is 5.32 Å². The van der Waals surface area contributed by atoms with E-state index >= 15 is 0 Å². The van der Waals surface area contributed by atoms with E-state index in [2.05, 4.69) is 5.32 Å². The van der Waals surface area contributed by atoms with Crippen molar-refractivity contribution in [2.75, 3.05) is 17.6 Å². The second-order valence-corrected chi connectivity index (χ2v) is 10.3. The molecule has 34 heavy (non-hydrogen) atoms. The number of anilines is 1. The molecule has 3 aromatic carbocycles. The number of amides is 2. The van der Waals surface area contributed by atoms with Crippen LogP contribution in [0, 0.1) is 0 Å². The van der Waals surface area contributed by atoms with Crippen molar-refractivity contribution in [3.8, 4) is 0 Å². The van der Waals surface area contributed by atoms with E-state index in [1.54, 1.807) is 43.3 Å². The molecule has 0 aromatic heterocycles. The molecule has 3 aromatic rings. The first-order valence-electron chi connectivity index (χ1n) is 11.4. The summed E-state index contributed by atoms with van der Waals surface area (Å²) >= 11 is 0. The number of rotatable bonds is 10. The van der Waals surface area contributed by atoms with Crippen LogP contribution >= 0.6 is 0 Å². The van der Waals surface area contributed by atoms with Crippen LogP contribution in [0.25, 0.3) is 0 Å². The van der Waals surface area contributed by atoms with Crippen molar-refractivity contribution in [2.24, 2.45) is 0 Å². The van der Waals surface area contributed by atoms with Crippen molar-refractivity contribution >= 4 is 27.3 Å². The minimum absolute atomic E-state index is 0.0355. The highest BCUT2D eigenvalue weighted by atomic mass is 32.2. The van der Waals surface area contributed by atoms with Crippen molar-refractivity contribution in [1.29, 1.82) is 0 Å². The van der Waals surface area contributed by atoms with Gasteiger partial charge in [0.1, 0.15) is 0 Å². The van der Waals surface area contributed by atoms with Gasteiger partial charge in [0.2, 0.25) is 5.91 Å². The fraction of sp³-hybridized carbons (Fsp3) is 0.259. The van der Waals surface area contributed by atoms with Gasteiger partial charge in [0, 0.05) is 24.3 Å². The number of hydrogen-bond acceptors (Lipinski definition) is 4. The van der Waals surface area contributed by atoms with Gasteiger partial charge >= 0.3 is 0 Å². The summed E-state index contributed by atoms with van der Waals surface area (Å²) in [4.78, 5) is 27.5. The quantitative estimate of drug-likeness (QED) is 0.457. The predicted molar refractivity (Wildman–Crippen MR) is 134 cm³/mol. The Balaban J connectivity index is 1.61. The van der Waals surface area contributed by atoms with E-state index in [9.17, 15) is 18.0 Å². The molecule has 3 rings (SSSR count). The summed E-state index contributed by atoms with van der Waals surface area (Å²) < 4.78 is 23.8. The van der Waals surface area contributed by atoms with Gasteiger partial charge in [-0.05, 0) is 53.9 Å². The van der Waals surface area contributed by atoms with Crippen LogP contribution in [0.15, 0.2) is 83.8 Å². The van der Waals surface area contributed by atoms with Gasteiger partial charge in [-0.15, -0.1) is 0 Å². The molecule has 0 atom stereocenters. The van der Waals surface area contributed by atoms with Crippen molar-refractivity contribution in [2.45, 2.75) is 38.1 Å². The summed E-state index contributed by atoms with van der Waals surface area (Å²) in [7, 11) is -3.26. The van der Waals surface area contributed by atoms with Crippen LogP contribution in [0.4, 0.5) is 5.69 Å². The minimum atomic E-state index is -3.26. The summed E-state index contributed by atoms with van der Waals surface area (Å²) in [5.41, 5.74) is 2.95. The number of carbonyl (C=O) groups is 2. The predicted octanol–water partition coefficient (Wildman–Crippen LogP) is 4.71. The van der Waals surface area contributed by atoms with Gasteiger partial charge in [0.25, 0.3) is 5.91 Å². The first-order valence-corrected chi connectivity index (χ1v) is 13.0. The van der Waals surface area contributed by atoms with E-state index in [-0.39, 0.29) is 28.9 Å². The minimum Gasteiger partial charge on any atom is -0.334 e. The summed E-state index contributed by atoms with van der Waals surface area (Å²) in [5, 5.41) is 2.82. The fourth-order valence-corrected chi connectivity index (χ4v) is 4.46. The van der Waals surface area contributed by atoms with Gasteiger partial charge in [-0.3, -0.25) is 9.59 Å². The highest BCUT2D eigenvalue weighted by Crippen LogP contribution is 2.16. The SMILES string of the molecule is CCCN(Cc1ccccc1)C(=O)c1ccc(NC(=O)Cc2ccc(S(=O)(=O)CC)cc2)cc1. The van der Waals surface area contributed by atoms with Gasteiger partial charge in [-0.1, -0.05) is 56.3 Å². The number of carbonyl (C=O) groups excluding carboxylic acids is 2. The van der Waals surface area contributed by atoms with E-state index in [0.29, 0.717) is 24.3 Å². The summed E-state index contributed by atoms with van der Waals surface area (Å²) in [6, 6.07) is 23.1. The summed E-state index contributed by atoms with van der Waals surface area (Å²) in [5.74, 6) is -0.235. The lowest BCUT2D eigenvalue weighted by molar-refractivity contribution is -0.115. The fourth-order valence-electron chi connectivity index (χ4n) is 3.58.